The maximum absolute atomic E-state index is 11.2. The van der Waals surface area contributed by atoms with Gasteiger partial charge in [-0.15, -0.1) is 0 Å². The number of rotatable bonds is 3. The molecule has 0 aromatic heterocycles. The molecule has 4 rings (SSSR count). The molecule has 150 valence electrons. The Bertz CT molecular complexity index is 524. The average Bonchev–Trinajstić information content (AvgIpc) is 2.94. The molecule has 0 amide bonds. The molecular weight excluding hydrogens is 322 g/mol. The van der Waals surface area contributed by atoms with Crippen molar-refractivity contribution in [3.63, 3.8) is 0 Å². The molecule has 0 radical (unpaired) electrons. The Kier molecular flexibility index (Phi) is 4.98. The van der Waals surface area contributed by atoms with Crippen LogP contribution < -0.4 is 5.73 Å². The lowest BCUT2D eigenvalue weighted by Gasteiger charge is -2.62. The highest BCUT2D eigenvalue weighted by Crippen LogP contribution is 2.68. The van der Waals surface area contributed by atoms with E-state index >= 15 is 0 Å². The molecule has 0 aliphatic heterocycles. The number of aliphatic hydroxyl groups excluding tert-OH is 2. The first-order valence-corrected chi connectivity index (χ1v) is 11.4. The van der Waals surface area contributed by atoms with Gasteiger partial charge in [-0.3, -0.25) is 0 Å². The van der Waals surface area contributed by atoms with Crippen LogP contribution in [-0.4, -0.2) is 29.0 Å². The minimum Gasteiger partial charge on any atom is -0.393 e. The fraction of sp³-hybridized carbons (Fsp3) is 1.00. The molecular formula is C23H41NO2. The second-order valence-corrected chi connectivity index (χ2v) is 11.0. The monoisotopic (exact) mass is 363 g/mol. The maximum atomic E-state index is 11.2. The molecule has 3 heteroatoms. The van der Waals surface area contributed by atoms with Gasteiger partial charge in [0.25, 0.3) is 0 Å². The zero-order valence-electron chi connectivity index (χ0n) is 17.2. The van der Waals surface area contributed by atoms with Gasteiger partial charge in [-0.1, -0.05) is 20.8 Å². The highest BCUT2D eigenvalue weighted by atomic mass is 16.3. The third-order valence-electron chi connectivity index (χ3n) is 10.0. The summed E-state index contributed by atoms with van der Waals surface area (Å²) in [5, 5.41) is 21.4. The van der Waals surface area contributed by atoms with Crippen molar-refractivity contribution in [1.29, 1.82) is 0 Å². The molecule has 10 atom stereocenters. The summed E-state index contributed by atoms with van der Waals surface area (Å²) >= 11 is 0. The Hall–Kier alpha value is -0.120. The minimum atomic E-state index is -0.156. The van der Waals surface area contributed by atoms with E-state index in [-0.39, 0.29) is 12.2 Å². The van der Waals surface area contributed by atoms with Crippen molar-refractivity contribution < 1.29 is 10.2 Å². The van der Waals surface area contributed by atoms with Gasteiger partial charge in [0.15, 0.2) is 0 Å². The van der Waals surface area contributed by atoms with Crippen LogP contribution in [0.5, 0.6) is 0 Å². The Morgan fingerprint density at radius 1 is 0.962 bits per heavy atom. The number of nitrogens with two attached hydrogens (primary N) is 1. The summed E-state index contributed by atoms with van der Waals surface area (Å²) in [5.41, 5.74) is 6.61. The molecule has 3 nitrogen and oxygen atoms in total. The Labute approximate surface area is 160 Å². The zero-order chi connectivity index (χ0) is 18.7. The molecule has 26 heavy (non-hydrogen) atoms. The van der Waals surface area contributed by atoms with Crippen LogP contribution in [0.25, 0.3) is 0 Å². The van der Waals surface area contributed by atoms with E-state index in [1.807, 2.05) is 0 Å². The number of aliphatic hydroxyl groups is 2. The molecule has 4 fully saturated rings. The van der Waals surface area contributed by atoms with Crippen molar-refractivity contribution in [1.82, 2.24) is 0 Å². The third-order valence-corrected chi connectivity index (χ3v) is 10.0. The molecule has 0 aromatic rings. The van der Waals surface area contributed by atoms with Gasteiger partial charge in [-0.2, -0.15) is 0 Å². The summed E-state index contributed by atoms with van der Waals surface area (Å²) in [6, 6.07) is 0. The summed E-state index contributed by atoms with van der Waals surface area (Å²) in [4.78, 5) is 0. The van der Waals surface area contributed by atoms with E-state index in [1.165, 1.54) is 25.7 Å². The van der Waals surface area contributed by atoms with Gasteiger partial charge in [-0.25, -0.2) is 0 Å². The molecule has 0 bridgehead atoms. The molecule has 0 heterocycles. The molecule has 4 N–H and O–H groups in total. The van der Waals surface area contributed by atoms with Crippen LogP contribution in [-0.2, 0) is 0 Å². The highest BCUT2D eigenvalue weighted by molar-refractivity contribution is 5.11. The normalized spacial score (nSPS) is 54.9. The van der Waals surface area contributed by atoms with Gasteiger partial charge in [0.05, 0.1) is 12.2 Å². The second-order valence-electron chi connectivity index (χ2n) is 11.0. The second kappa shape index (κ2) is 6.74. The zero-order valence-corrected chi connectivity index (χ0v) is 17.2. The van der Waals surface area contributed by atoms with E-state index in [0.29, 0.717) is 40.4 Å². The summed E-state index contributed by atoms with van der Waals surface area (Å²) in [7, 11) is 0. The summed E-state index contributed by atoms with van der Waals surface area (Å²) < 4.78 is 0. The topological polar surface area (TPSA) is 66.5 Å². The lowest BCUT2D eigenvalue weighted by atomic mass is 9.43. The minimum absolute atomic E-state index is 0.140. The van der Waals surface area contributed by atoms with Gasteiger partial charge >= 0.3 is 0 Å². The van der Waals surface area contributed by atoms with Crippen LogP contribution in [0.4, 0.5) is 0 Å². The van der Waals surface area contributed by atoms with Gasteiger partial charge in [0.2, 0.25) is 0 Å². The van der Waals surface area contributed by atoms with Crippen LogP contribution in [0, 0.1) is 46.3 Å². The predicted molar refractivity (Wildman–Crippen MR) is 105 cm³/mol. The van der Waals surface area contributed by atoms with Crippen molar-refractivity contribution in [2.24, 2.45) is 52.1 Å². The van der Waals surface area contributed by atoms with E-state index in [9.17, 15) is 10.2 Å². The van der Waals surface area contributed by atoms with E-state index in [1.54, 1.807) is 0 Å². The van der Waals surface area contributed by atoms with E-state index in [2.05, 4.69) is 20.8 Å². The maximum Gasteiger partial charge on any atom is 0.0577 e. The SMILES string of the molecule is CC(CCN)[C@H]1CCC2C3C(CC[C@@]21C)[C@@]1(C)CC[C@@H](O)CC1C[C@@H]3O. The molecule has 0 saturated heterocycles. The summed E-state index contributed by atoms with van der Waals surface area (Å²) in [6.45, 7) is 8.26. The van der Waals surface area contributed by atoms with Crippen LogP contribution >= 0.6 is 0 Å². The summed E-state index contributed by atoms with van der Waals surface area (Å²) in [5.74, 6) is 3.83. The van der Waals surface area contributed by atoms with Crippen molar-refractivity contribution in [2.45, 2.75) is 90.8 Å². The largest absolute Gasteiger partial charge is 0.393 e. The molecule has 4 aliphatic rings. The standard InChI is InChI=1S/C23H41NO2/c1-14(8-11-24)17-4-5-18-21-19(7-10-23(17,18)3)22(2)9-6-16(25)12-15(22)13-20(21)26/h14-21,25-26H,4-13,24H2,1-3H3/t14?,15?,16-,17-,18?,19?,20+,21?,22+,23-/m1/s1. The van der Waals surface area contributed by atoms with Crippen LogP contribution in [0.3, 0.4) is 0 Å². The van der Waals surface area contributed by atoms with Crippen LogP contribution in [0.2, 0.25) is 0 Å². The smallest absolute Gasteiger partial charge is 0.0577 e. The quantitative estimate of drug-likeness (QED) is 0.711. The highest BCUT2D eigenvalue weighted by Gasteiger charge is 2.62. The molecule has 4 aliphatic carbocycles. The average molecular weight is 364 g/mol. The lowest BCUT2D eigenvalue weighted by Crippen LogP contribution is -2.58. The van der Waals surface area contributed by atoms with Crippen LogP contribution in [0.1, 0.15) is 78.6 Å². The first-order valence-electron chi connectivity index (χ1n) is 11.4. The Balaban J connectivity index is 1.61. The van der Waals surface area contributed by atoms with Crippen molar-refractivity contribution in [2.75, 3.05) is 6.54 Å². The van der Waals surface area contributed by atoms with E-state index in [4.69, 9.17) is 5.73 Å². The van der Waals surface area contributed by atoms with Crippen molar-refractivity contribution >= 4 is 0 Å². The fourth-order valence-corrected chi connectivity index (χ4v) is 8.64. The lowest BCUT2D eigenvalue weighted by molar-refractivity contribution is -0.174. The Morgan fingerprint density at radius 2 is 1.65 bits per heavy atom. The van der Waals surface area contributed by atoms with Gasteiger partial charge < -0.3 is 15.9 Å². The molecule has 5 unspecified atom stereocenters. The molecule has 0 aromatic carbocycles. The van der Waals surface area contributed by atoms with Gasteiger partial charge in [0.1, 0.15) is 0 Å². The number of fused-ring (bicyclic) bond motifs is 5. The molecule has 0 spiro atoms. The van der Waals surface area contributed by atoms with Crippen LogP contribution in [0.15, 0.2) is 0 Å². The van der Waals surface area contributed by atoms with Crippen molar-refractivity contribution in [3.05, 3.63) is 0 Å². The van der Waals surface area contributed by atoms with Gasteiger partial charge in [0, 0.05) is 0 Å². The predicted octanol–water partition coefficient (Wildman–Crippen LogP) is 3.96. The third kappa shape index (κ3) is 2.71. The fourth-order valence-electron chi connectivity index (χ4n) is 8.64. The van der Waals surface area contributed by atoms with Gasteiger partial charge in [-0.05, 0) is 111 Å². The van der Waals surface area contributed by atoms with E-state index < -0.39 is 0 Å². The van der Waals surface area contributed by atoms with Crippen molar-refractivity contribution in [3.8, 4) is 0 Å². The molecule has 4 saturated carbocycles. The number of hydrogen-bond donors (Lipinski definition) is 3. The van der Waals surface area contributed by atoms with E-state index in [0.717, 1.165) is 44.6 Å². The summed E-state index contributed by atoms with van der Waals surface area (Å²) in [6.07, 6.45) is 10.0. The first kappa shape index (κ1) is 19.2. The Morgan fingerprint density at radius 3 is 2.38 bits per heavy atom. The first-order chi connectivity index (χ1) is 12.3. The number of hydrogen-bond acceptors (Lipinski definition) is 3.